The van der Waals surface area contributed by atoms with Gasteiger partial charge in [0.2, 0.25) is 5.95 Å². The number of ketones is 1. The number of carbonyl (C=O) groups excluding carboxylic acids is 1. The van der Waals surface area contributed by atoms with Crippen molar-refractivity contribution in [2.24, 2.45) is 0 Å². The van der Waals surface area contributed by atoms with Crippen LogP contribution in [0.3, 0.4) is 0 Å². The van der Waals surface area contributed by atoms with Gasteiger partial charge < -0.3 is 10.6 Å². The Bertz CT molecular complexity index is 1400. The number of anilines is 2. The lowest BCUT2D eigenvalue weighted by atomic mass is 9.98. The molecule has 0 bridgehead atoms. The smallest absolute Gasteiger partial charge is 0.227 e. The van der Waals surface area contributed by atoms with Crippen molar-refractivity contribution in [2.45, 2.75) is 58.4 Å². The van der Waals surface area contributed by atoms with Crippen LogP contribution >= 0.6 is 11.3 Å². The predicted octanol–water partition coefficient (Wildman–Crippen LogP) is 5.50. The van der Waals surface area contributed by atoms with Crippen LogP contribution in [0.5, 0.6) is 0 Å². The van der Waals surface area contributed by atoms with Crippen molar-refractivity contribution < 1.29 is 4.79 Å². The molecule has 3 aromatic heterocycles. The number of nitrogens with zero attached hydrogens (tertiary/aromatic N) is 5. The van der Waals surface area contributed by atoms with Gasteiger partial charge in [-0.05, 0) is 49.6 Å². The van der Waals surface area contributed by atoms with Crippen LogP contribution in [0.1, 0.15) is 65.5 Å². The first-order valence-electron chi connectivity index (χ1n) is 12.7. The van der Waals surface area contributed by atoms with E-state index in [4.69, 9.17) is 4.98 Å². The van der Waals surface area contributed by atoms with E-state index in [-0.39, 0.29) is 11.2 Å². The van der Waals surface area contributed by atoms with Crippen LogP contribution in [0.15, 0.2) is 49.1 Å². The minimum atomic E-state index is -0.0405. The molecule has 5 rings (SSSR count). The van der Waals surface area contributed by atoms with Gasteiger partial charge >= 0.3 is 0 Å². The Balaban J connectivity index is 1.23. The summed E-state index contributed by atoms with van der Waals surface area (Å²) in [5, 5.41) is 12.1. The number of aromatic nitrogens is 5. The van der Waals surface area contributed by atoms with E-state index in [9.17, 15) is 4.79 Å². The zero-order valence-corrected chi connectivity index (χ0v) is 22.6. The second-order valence-corrected chi connectivity index (χ2v) is 11.6. The maximum Gasteiger partial charge on any atom is 0.227 e. The molecule has 0 radical (unpaired) electrons. The first-order chi connectivity index (χ1) is 17.8. The van der Waals surface area contributed by atoms with Gasteiger partial charge in [0.05, 0.1) is 33.5 Å². The first-order valence-corrected chi connectivity index (χ1v) is 13.5. The van der Waals surface area contributed by atoms with Gasteiger partial charge in [0, 0.05) is 42.5 Å². The van der Waals surface area contributed by atoms with Crippen LogP contribution in [0.25, 0.3) is 11.3 Å². The standard InChI is InChI=1S/C28H33N7OS/c1-18-13-20(6-5-19(18)7-8-24(36)25-16-31-26(37-25)28(2,3)4)23-10-12-30-27(34-23)33-21-14-32-35(17-21)22-9-11-29-15-22/h5-6,10,12-14,16-17,22,29H,7-9,11,15H2,1-4H3,(H,30,33,34)/t22-/m0/s1. The highest BCUT2D eigenvalue weighted by molar-refractivity contribution is 7.13. The van der Waals surface area contributed by atoms with Crippen molar-refractivity contribution in [3.8, 4) is 11.3 Å². The van der Waals surface area contributed by atoms with E-state index in [1.807, 2.05) is 23.1 Å². The molecule has 0 aliphatic carbocycles. The predicted molar refractivity (Wildman–Crippen MR) is 148 cm³/mol. The van der Waals surface area contributed by atoms with E-state index in [1.165, 1.54) is 16.9 Å². The number of thiazole rings is 1. The minimum Gasteiger partial charge on any atom is -0.321 e. The summed E-state index contributed by atoms with van der Waals surface area (Å²) in [6, 6.07) is 8.59. The number of aryl methyl sites for hydroxylation is 2. The van der Waals surface area contributed by atoms with Crippen molar-refractivity contribution in [1.29, 1.82) is 0 Å². The molecule has 1 aliphatic heterocycles. The molecule has 4 heterocycles. The third-order valence-corrected chi connectivity index (χ3v) is 8.07. The number of rotatable bonds is 8. The summed E-state index contributed by atoms with van der Waals surface area (Å²) in [5.41, 5.74) is 5.00. The van der Waals surface area contributed by atoms with Crippen LogP contribution in [-0.2, 0) is 11.8 Å². The highest BCUT2D eigenvalue weighted by Gasteiger charge is 2.20. The number of Topliss-reactive ketones (excluding diaryl/α,β-unsaturated/α-hetero) is 1. The van der Waals surface area contributed by atoms with Crippen molar-refractivity contribution in [2.75, 3.05) is 18.4 Å². The number of nitrogens with one attached hydrogen (secondary N) is 2. The highest BCUT2D eigenvalue weighted by Crippen LogP contribution is 2.28. The van der Waals surface area contributed by atoms with Crippen LogP contribution in [0, 0.1) is 6.92 Å². The summed E-state index contributed by atoms with van der Waals surface area (Å²) in [7, 11) is 0. The Labute approximate surface area is 221 Å². The minimum absolute atomic E-state index is 0.0405. The summed E-state index contributed by atoms with van der Waals surface area (Å²) in [4.78, 5) is 27.1. The quantitative estimate of drug-likeness (QED) is 0.299. The van der Waals surface area contributed by atoms with Gasteiger partial charge in [0.25, 0.3) is 0 Å². The summed E-state index contributed by atoms with van der Waals surface area (Å²) in [5.74, 6) is 0.684. The third kappa shape index (κ3) is 5.94. The van der Waals surface area contributed by atoms with Gasteiger partial charge in [-0.15, -0.1) is 11.3 Å². The SMILES string of the molecule is Cc1cc(-c2ccnc(Nc3cnn([C@H]4CCNC4)c3)n2)ccc1CCC(=O)c1cnc(C(C)(C)C)s1. The van der Waals surface area contributed by atoms with Crippen molar-refractivity contribution >= 4 is 28.8 Å². The Hall–Kier alpha value is -3.43. The normalized spacial score (nSPS) is 15.7. The molecule has 0 unspecified atom stereocenters. The molecule has 4 aromatic rings. The van der Waals surface area contributed by atoms with E-state index < -0.39 is 0 Å². The fourth-order valence-electron chi connectivity index (χ4n) is 4.43. The largest absolute Gasteiger partial charge is 0.321 e. The van der Waals surface area contributed by atoms with E-state index in [2.05, 4.69) is 71.6 Å². The van der Waals surface area contributed by atoms with Crippen LogP contribution in [0.4, 0.5) is 11.6 Å². The van der Waals surface area contributed by atoms with E-state index in [0.29, 0.717) is 24.8 Å². The molecule has 1 atom stereocenters. The lowest BCUT2D eigenvalue weighted by Gasteiger charge is -2.13. The summed E-state index contributed by atoms with van der Waals surface area (Å²) >= 11 is 1.51. The average Bonchev–Trinajstić information content (AvgIpc) is 3.64. The lowest BCUT2D eigenvalue weighted by Crippen LogP contribution is -2.13. The summed E-state index contributed by atoms with van der Waals surface area (Å²) in [6.07, 6.45) is 9.55. The van der Waals surface area contributed by atoms with Crippen molar-refractivity contribution in [3.63, 3.8) is 0 Å². The van der Waals surface area contributed by atoms with E-state index >= 15 is 0 Å². The zero-order chi connectivity index (χ0) is 26.0. The lowest BCUT2D eigenvalue weighted by molar-refractivity contribution is 0.0986. The first kappa shape index (κ1) is 25.2. The van der Waals surface area contributed by atoms with Crippen molar-refractivity contribution in [1.82, 2.24) is 30.0 Å². The van der Waals surface area contributed by atoms with Gasteiger partial charge in [-0.1, -0.05) is 32.9 Å². The van der Waals surface area contributed by atoms with Gasteiger partial charge in [-0.25, -0.2) is 15.0 Å². The molecule has 192 valence electrons. The molecule has 8 nitrogen and oxygen atoms in total. The van der Waals surface area contributed by atoms with Crippen molar-refractivity contribution in [3.05, 3.63) is 70.1 Å². The Morgan fingerprint density at radius 3 is 2.81 bits per heavy atom. The van der Waals surface area contributed by atoms with Crippen LogP contribution in [0.2, 0.25) is 0 Å². The molecular formula is C28H33N7OS. The van der Waals surface area contributed by atoms with Gasteiger partial charge in [-0.3, -0.25) is 9.48 Å². The van der Waals surface area contributed by atoms with Gasteiger partial charge in [0.15, 0.2) is 5.78 Å². The zero-order valence-electron chi connectivity index (χ0n) is 21.8. The molecule has 9 heteroatoms. The fourth-order valence-corrected chi connectivity index (χ4v) is 5.37. The number of carbonyl (C=O) groups is 1. The Morgan fingerprint density at radius 2 is 2.08 bits per heavy atom. The molecule has 0 spiro atoms. The van der Waals surface area contributed by atoms with Gasteiger partial charge in [0.1, 0.15) is 0 Å². The summed E-state index contributed by atoms with van der Waals surface area (Å²) < 4.78 is 2.00. The maximum atomic E-state index is 12.8. The molecule has 2 N–H and O–H groups in total. The molecular weight excluding hydrogens is 482 g/mol. The Morgan fingerprint density at radius 1 is 1.22 bits per heavy atom. The molecule has 0 amide bonds. The second-order valence-electron chi connectivity index (χ2n) is 10.6. The number of hydrogen-bond donors (Lipinski definition) is 2. The molecule has 37 heavy (non-hydrogen) atoms. The molecule has 0 saturated carbocycles. The number of hydrogen-bond acceptors (Lipinski definition) is 8. The van der Waals surface area contributed by atoms with Gasteiger partial charge in [-0.2, -0.15) is 5.10 Å². The highest BCUT2D eigenvalue weighted by atomic mass is 32.1. The molecule has 1 saturated heterocycles. The van der Waals surface area contributed by atoms with E-state index in [1.54, 1.807) is 12.4 Å². The third-order valence-electron chi connectivity index (χ3n) is 6.60. The Kier molecular flexibility index (Phi) is 7.17. The average molecular weight is 516 g/mol. The topological polar surface area (TPSA) is 97.6 Å². The molecule has 1 aliphatic rings. The number of benzene rings is 1. The fraction of sp³-hybridized carbons (Fsp3) is 0.393. The monoisotopic (exact) mass is 515 g/mol. The van der Waals surface area contributed by atoms with Crippen LogP contribution in [-0.4, -0.2) is 43.6 Å². The molecule has 1 aromatic carbocycles. The molecule has 1 fully saturated rings. The maximum absolute atomic E-state index is 12.8. The van der Waals surface area contributed by atoms with E-state index in [0.717, 1.165) is 51.9 Å². The summed E-state index contributed by atoms with van der Waals surface area (Å²) in [6.45, 7) is 10.4. The second kappa shape index (κ2) is 10.5. The van der Waals surface area contributed by atoms with Crippen LogP contribution < -0.4 is 10.6 Å².